The normalized spacial score (nSPS) is 17.0. The van der Waals surface area contributed by atoms with E-state index in [1.807, 2.05) is 54.3 Å². The fourth-order valence-electron chi connectivity index (χ4n) is 3.45. The first kappa shape index (κ1) is 20.2. The number of nitrogens with one attached hydrogen (secondary N) is 1. The van der Waals surface area contributed by atoms with Crippen molar-refractivity contribution in [2.45, 2.75) is 31.7 Å². The van der Waals surface area contributed by atoms with Gasteiger partial charge in [0.2, 0.25) is 5.91 Å². The first-order chi connectivity index (χ1) is 13.3. The molecule has 7 heteroatoms. The van der Waals surface area contributed by atoms with Crippen LogP contribution in [0.4, 0.5) is 5.69 Å². The van der Waals surface area contributed by atoms with Gasteiger partial charge < -0.3 is 15.0 Å². The summed E-state index contributed by atoms with van der Waals surface area (Å²) < 4.78 is 28.4. The van der Waals surface area contributed by atoms with Gasteiger partial charge in [0.25, 0.3) is 0 Å². The van der Waals surface area contributed by atoms with E-state index in [4.69, 9.17) is 4.74 Å². The first-order valence-corrected chi connectivity index (χ1v) is 11.3. The molecule has 1 heterocycles. The molecule has 1 fully saturated rings. The zero-order valence-electron chi connectivity index (χ0n) is 16.4. The Balaban J connectivity index is 1.67. The SMILES string of the molecule is COc1ccc(CN2CCC(Nc3cccc(CS(C)(=O)=O)c3C)C2=O)cc1. The average molecular weight is 403 g/mol. The molecule has 2 aromatic carbocycles. The van der Waals surface area contributed by atoms with Crippen LogP contribution < -0.4 is 10.1 Å². The second kappa shape index (κ2) is 8.22. The zero-order valence-corrected chi connectivity index (χ0v) is 17.3. The largest absolute Gasteiger partial charge is 0.497 e. The Morgan fingerprint density at radius 2 is 1.89 bits per heavy atom. The van der Waals surface area contributed by atoms with Crippen LogP contribution >= 0.6 is 0 Å². The number of likely N-dealkylation sites (tertiary alicyclic amines) is 1. The Hall–Kier alpha value is -2.54. The van der Waals surface area contributed by atoms with Gasteiger partial charge in [-0.1, -0.05) is 24.3 Å². The molecule has 1 aliphatic rings. The van der Waals surface area contributed by atoms with Gasteiger partial charge in [-0.2, -0.15) is 0 Å². The molecule has 0 radical (unpaired) electrons. The predicted molar refractivity (Wildman–Crippen MR) is 110 cm³/mol. The van der Waals surface area contributed by atoms with E-state index in [2.05, 4.69) is 5.32 Å². The number of carbonyl (C=O) groups is 1. The van der Waals surface area contributed by atoms with Gasteiger partial charge in [-0.3, -0.25) is 4.79 Å². The van der Waals surface area contributed by atoms with Crippen molar-refractivity contribution in [1.29, 1.82) is 0 Å². The molecule has 1 amide bonds. The van der Waals surface area contributed by atoms with Crippen LogP contribution in [0.1, 0.15) is 23.1 Å². The summed E-state index contributed by atoms with van der Waals surface area (Å²) in [5, 5.41) is 3.31. The van der Waals surface area contributed by atoms with Crippen molar-refractivity contribution in [2.75, 3.05) is 25.2 Å². The number of anilines is 1. The van der Waals surface area contributed by atoms with Crippen LogP contribution in [-0.2, 0) is 26.9 Å². The third-order valence-electron chi connectivity index (χ3n) is 5.02. The van der Waals surface area contributed by atoms with Gasteiger partial charge in [0.15, 0.2) is 9.84 Å². The first-order valence-electron chi connectivity index (χ1n) is 9.21. The Morgan fingerprint density at radius 1 is 1.18 bits per heavy atom. The lowest BCUT2D eigenvalue weighted by molar-refractivity contribution is -0.128. The standard InChI is InChI=1S/C21H26N2O4S/c1-15-17(14-28(3,25)26)5-4-6-19(15)22-20-11-12-23(21(20)24)13-16-7-9-18(27-2)10-8-16/h4-10,20,22H,11-14H2,1-3H3. The lowest BCUT2D eigenvalue weighted by Crippen LogP contribution is -2.33. The van der Waals surface area contributed by atoms with Crippen molar-refractivity contribution >= 4 is 21.4 Å². The van der Waals surface area contributed by atoms with Crippen LogP contribution in [0.25, 0.3) is 0 Å². The Labute approximate surface area is 166 Å². The molecule has 1 unspecified atom stereocenters. The molecule has 0 bridgehead atoms. The lowest BCUT2D eigenvalue weighted by Gasteiger charge is -2.19. The van der Waals surface area contributed by atoms with E-state index in [0.717, 1.165) is 28.1 Å². The summed E-state index contributed by atoms with van der Waals surface area (Å²) in [5.74, 6) is 0.848. The Bertz CT molecular complexity index is 955. The highest BCUT2D eigenvalue weighted by Gasteiger charge is 2.31. The molecular formula is C21H26N2O4S. The predicted octanol–water partition coefficient (Wildman–Crippen LogP) is 2.76. The minimum absolute atomic E-state index is 0.00341. The quantitative estimate of drug-likeness (QED) is 0.771. The van der Waals surface area contributed by atoms with Gasteiger partial charge >= 0.3 is 0 Å². The van der Waals surface area contributed by atoms with Crippen LogP contribution in [-0.4, -0.2) is 45.2 Å². The third-order valence-corrected chi connectivity index (χ3v) is 5.86. The molecule has 0 saturated carbocycles. The van der Waals surface area contributed by atoms with Gasteiger partial charge in [-0.25, -0.2) is 8.42 Å². The summed E-state index contributed by atoms with van der Waals surface area (Å²) in [7, 11) is -1.49. The summed E-state index contributed by atoms with van der Waals surface area (Å²) in [4.78, 5) is 14.6. The molecule has 1 atom stereocenters. The summed E-state index contributed by atoms with van der Waals surface area (Å²) in [6.07, 6.45) is 1.94. The van der Waals surface area contributed by atoms with Crippen molar-refractivity contribution < 1.29 is 17.9 Å². The molecule has 1 N–H and O–H groups in total. The van der Waals surface area contributed by atoms with E-state index in [1.165, 1.54) is 6.26 Å². The molecular weight excluding hydrogens is 376 g/mol. The van der Waals surface area contributed by atoms with Crippen molar-refractivity contribution in [3.05, 3.63) is 59.2 Å². The molecule has 6 nitrogen and oxygen atoms in total. The summed E-state index contributed by atoms with van der Waals surface area (Å²) in [6.45, 7) is 3.14. The monoisotopic (exact) mass is 402 g/mol. The van der Waals surface area contributed by atoms with Gasteiger partial charge in [0, 0.05) is 25.0 Å². The minimum Gasteiger partial charge on any atom is -0.497 e. The smallest absolute Gasteiger partial charge is 0.245 e. The van der Waals surface area contributed by atoms with Crippen LogP contribution in [0.3, 0.4) is 0 Å². The topological polar surface area (TPSA) is 75.7 Å². The number of nitrogens with zero attached hydrogens (tertiary/aromatic N) is 1. The number of hydrogen-bond acceptors (Lipinski definition) is 5. The summed E-state index contributed by atoms with van der Waals surface area (Å²) >= 11 is 0. The number of carbonyl (C=O) groups excluding carboxylic acids is 1. The van der Waals surface area contributed by atoms with Crippen molar-refractivity contribution in [2.24, 2.45) is 0 Å². The molecule has 150 valence electrons. The maximum Gasteiger partial charge on any atom is 0.245 e. The van der Waals surface area contributed by atoms with Gasteiger partial charge in [0.05, 0.1) is 12.9 Å². The molecule has 0 spiro atoms. The van der Waals surface area contributed by atoms with E-state index in [0.29, 0.717) is 19.5 Å². The fraction of sp³-hybridized carbons (Fsp3) is 0.381. The van der Waals surface area contributed by atoms with E-state index < -0.39 is 9.84 Å². The van der Waals surface area contributed by atoms with Crippen LogP contribution in [0, 0.1) is 6.92 Å². The Kier molecular flexibility index (Phi) is 5.93. The number of sulfone groups is 1. The Morgan fingerprint density at radius 3 is 2.54 bits per heavy atom. The molecule has 3 rings (SSSR count). The van der Waals surface area contributed by atoms with E-state index in [-0.39, 0.29) is 17.7 Å². The molecule has 0 aromatic heterocycles. The lowest BCUT2D eigenvalue weighted by atomic mass is 10.1. The van der Waals surface area contributed by atoms with Crippen LogP contribution in [0.2, 0.25) is 0 Å². The van der Waals surface area contributed by atoms with Gasteiger partial charge in [-0.05, 0) is 48.2 Å². The van der Waals surface area contributed by atoms with E-state index in [9.17, 15) is 13.2 Å². The highest BCUT2D eigenvalue weighted by atomic mass is 32.2. The highest BCUT2D eigenvalue weighted by molar-refractivity contribution is 7.89. The van der Waals surface area contributed by atoms with Gasteiger partial charge in [0.1, 0.15) is 11.8 Å². The van der Waals surface area contributed by atoms with Crippen LogP contribution in [0.15, 0.2) is 42.5 Å². The number of hydrogen-bond donors (Lipinski definition) is 1. The average Bonchev–Trinajstić information content (AvgIpc) is 2.98. The summed E-state index contributed by atoms with van der Waals surface area (Å²) in [6, 6.07) is 12.9. The number of benzene rings is 2. The number of methoxy groups -OCH3 is 1. The van der Waals surface area contributed by atoms with Gasteiger partial charge in [-0.15, -0.1) is 0 Å². The molecule has 0 aliphatic carbocycles. The van der Waals surface area contributed by atoms with E-state index in [1.54, 1.807) is 7.11 Å². The second-order valence-electron chi connectivity index (χ2n) is 7.25. The number of ether oxygens (including phenoxy) is 1. The molecule has 28 heavy (non-hydrogen) atoms. The zero-order chi connectivity index (χ0) is 20.3. The highest BCUT2D eigenvalue weighted by Crippen LogP contribution is 2.25. The maximum atomic E-state index is 12.8. The van der Waals surface area contributed by atoms with Crippen molar-refractivity contribution in [1.82, 2.24) is 4.90 Å². The molecule has 1 saturated heterocycles. The molecule has 1 aliphatic heterocycles. The molecule has 2 aromatic rings. The minimum atomic E-state index is -3.11. The van der Waals surface area contributed by atoms with Crippen molar-refractivity contribution in [3.63, 3.8) is 0 Å². The second-order valence-corrected chi connectivity index (χ2v) is 9.39. The van der Waals surface area contributed by atoms with Crippen molar-refractivity contribution in [3.8, 4) is 5.75 Å². The van der Waals surface area contributed by atoms with E-state index >= 15 is 0 Å². The third kappa shape index (κ3) is 4.84. The summed E-state index contributed by atoms with van der Waals surface area (Å²) in [5.41, 5.74) is 3.49. The van der Waals surface area contributed by atoms with Crippen LogP contribution in [0.5, 0.6) is 5.75 Å². The number of amides is 1. The maximum absolute atomic E-state index is 12.8. The fourth-order valence-corrected chi connectivity index (χ4v) is 4.33. The number of rotatable bonds is 7.